The molecule has 0 amide bonds. The molecule has 3 heteroatoms. The number of nitrogens with zero attached hydrogens (tertiary/aromatic N) is 1. The van der Waals surface area contributed by atoms with Crippen LogP contribution in [0.5, 0.6) is 0 Å². The van der Waals surface area contributed by atoms with Crippen molar-refractivity contribution in [2.45, 2.75) is 19.5 Å². The molecule has 0 fully saturated rings. The van der Waals surface area contributed by atoms with Crippen LogP contribution in [-0.2, 0) is 13.1 Å². The van der Waals surface area contributed by atoms with E-state index in [0.717, 1.165) is 25.1 Å². The molecule has 106 valence electrons. The second-order valence-corrected chi connectivity index (χ2v) is 4.93. The summed E-state index contributed by atoms with van der Waals surface area (Å²) < 4.78 is 13.8. The molecule has 0 aliphatic rings. The highest BCUT2D eigenvalue weighted by molar-refractivity contribution is 5.18. The second-order valence-electron chi connectivity index (χ2n) is 4.93. The average molecular weight is 272 g/mol. The van der Waals surface area contributed by atoms with Gasteiger partial charge in [0.05, 0.1) is 0 Å². The van der Waals surface area contributed by atoms with E-state index in [1.165, 1.54) is 11.6 Å². The molecule has 2 aromatic carbocycles. The average Bonchev–Trinajstić information content (AvgIpc) is 2.48. The van der Waals surface area contributed by atoms with Crippen LogP contribution in [0.25, 0.3) is 0 Å². The van der Waals surface area contributed by atoms with Crippen LogP contribution in [0.2, 0.25) is 0 Å². The molecule has 0 atom stereocenters. The van der Waals surface area contributed by atoms with Crippen LogP contribution < -0.4 is 5.73 Å². The molecule has 0 aliphatic heterocycles. The van der Waals surface area contributed by atoms with E-state index in [2.05, 4.69) is 17.0 Å². The minimum atomic E-state index is -0.140. The molecule has 0 saturated carbocycles. The molecule has 2 N–H and O–H groups in total. The Morgan fingerprint density at radius 3 is 2.30 bits per heavy atom. The molecule has 0 unspecified atom stereocenters. The van der Waals surface area contributed by atoms with Gasteiger partial charge in [-0.2, -0.15) is 0 Å². The summed E-state index contributed by atoms with van der Waals surface area (Å²) in [6.45, 7) is 2.96. The Kier molecular flexibility index (Phi) is 5.71. The van der Waals surface area contributed by atoms with Crippen LogP contribution >= 0.6 is 0 Å². The van der Waals surface area contributed by atoms with Crippen molar-refractivity contribution in [2.24, 2.45) is 5.73 Å². The quantitative estimate of drug-likeness (QED) is 0.839. The van der Waals surface area contributed by atoms with Gasteiger partial charge in [-0.05, 0) is 24.6 Å². The lowest BCUT2D eigenvalue weighted by molar-refractivity contribution is 0.251. The predicted molar refractivity (Wildman–Crippen MR) is 80.6 cm³/mol. The Balaban J connectivity index is 2.05. The second kappa shape index (κ2) is 7.78. The summed E-state index contributed by atoms with van der Waals surface area (Å²) in [4.78, 5) is 2.24. The van der Waals surface area contributed by atoms with Crippen LogP contribution in [0.4, 0.5) is 4.39 Å². The fourth-order valence-corrected chi connectivity index (χ4v) is 2.24. The van der Waals surface area contributed by atoms with Crippen molar-refractivity contribution in [3.8, 4) is 0 Å². The number of rotatable bonds is 7. The van der Waals surface area contributed by atoms with E-state index in [0.29, 0.717) is 13.1 Å². The van der Waals surface area contributed by atoms with E-state index in [-0.39, 0.29) is 5.82 Å². The zero-order chi connectivity index (χ0) is 14.2. The van der Waals surface area contributed by atoms with Crippen molar-refractivity contribution in [1.29, 1.82) is 0 Å². The van der Waals surface area contributed by atoms with Gasteiger partial charge >= 0.3 is 0 Å². The van der Waals surface area contributed by atoms with Crippen LogP contribution in [0.3, 0.4) is 0 Å². The highest BCUT2D eigenvalue weighted by atomic mass is 19.1. The molecule has 0 aliphatic carbocycles. The summed E-state index contributed by atoms with van der Waals surface area (Å²) in [6, 6.07) is 17.2. The monoisotopic (exact) mass is 272 g/mol. The van der Waals surface area contributed by atoms with E-state index in [1.54, 1.807) is 6.07 Å². The molecule has 2 rings (SSSR count). The maximum Gasteiger partial charge on any atom is 0.127 e. The maximum absolute atomic E-state index is 13.8. The van der Waals surface area contributed by atoms with Gasteiger partial charge in [0.15, 0.2) is 0 Å². The standard InChI is InChI=1S/C17H21FN2/c18-17-10-5-4-9-16(17)14-20(12-6-11-19)13-15-7-2-1-3-8-15/h1-5,7-10H,6,11-14,19H2. The van der Waals surface area contributed by atoms with Gasteiger partial charge < -0.3 is 5.73 Å². The largest absolute Gasteiger partial charge is 0.330 e. The molecule has 0 aromatic heterocycles. The summed E-state index contributed by atoms with van der Waals surface area (Å²) in [5, 5.41) is 0. The molecule has 0 bridgehead atoms. The molecule has 2 nitrogen and oxygen atoms in total. The van der Waals surface area contributed by atoms with Gasteiger partial charge in [-0.1, -0.05) is 48.5 Å². The van der Waals surface area contributed by atoms with E-state index < -0.39 is 0 Å². The smallest absolute Gasteiger partial charge is 0.127 e. The van der Waals surface area contributed by atoms with Gasteiger partial charge in [-0.3, -0.25) is 4.90 Å². The first-order valence-electron chi connectivity index (χ1n) is 6.99. The zero-order valence-corrected chi connectivity index (χ0v) is 11.6. The molecule has 0 spiro atoms. The lowest BCUT2D eigenvalue weighted by Gasteiger charge is -2.22. The van der Waals surface area contributed by atoms with E-state index in [4.69, 9.17) is 5.73 Å². The Hall–Kier alpha value is -1.71. The minimum Gasteiger partial charge on any atom is -0.330 e. The van der Waals surface area contributed by atoms with E-state index in [9.17, 15) is 4.39 Å². The minimum absolute atomic E-state index is 0.140. The SMILES string of the molecule is NCCCN(Cc1ccccc1)Cc1ccccc1F. The van der Waals surface area contributed by atoms with E-state index >= 15 is 0 Å². The number of hydrogen-bond acceptors (Lipinski definition) is 2. The molecule has 2 aromatic rings. The summed E-state index contributed by atoms with van der Waals surface area (Å²) in [5.74, 6) is -0.140. The van der Waals surface area contributed by atoms with Gasteiger partial charge in [0.2, 0.25) is 0 Å². The van der Waals surface area contributed by atoms with Crippen molar-refractivity contribution < 1.29 is 4.39 Å². The Morgan fingerprint density at radius 1 is 0.900 bits per heavy atom. The topological polar surface area (TPSA) is 29.3 Å². The summed E-state index contributed by atoms with van der Waals surface area (Å²) in [6.07, 6.45) is 0.918. The van der Waals surface area contributed by atoms with Gasteiger partial charge in [0, 0.05) is 25.2 Å². The Morgan fingerprint density at radius 2 is 1.60 bits per heavy atom. The van der Waals surface area contributed by atoms with Gasteiger partial charge in [-0.25, -0.2) is 4.39 Å². The summed E-state index contributed by atoms with van der Waals surface area (Å²) >= 11 is 0. The van der Waals surface area contributed by atoms with Crippen molar-refractivity contribution in [3.63, 3.8) is 0 Å². The summed E-state index contributed by atoms with van der Waals surface area (Å²) in [5.41, 5.74) is 7.57. The molecule has 0 saturated heterocycles. The first-order chi connectivity index (χ1) is 9.79. The molecule has 0 heterocycles. The number of hydrogen-bond donors (Lipinski definition) is 1. The van der Waals surface area contributed by atoms with E-state index in [1.807, 2.05) is 30.3 Å². The number of nitrogens with two attached hydrogens (primary N) is 1. The van der Waals surface area contributed by atoms with Gasteiger partial charge in [0.25, 0.3) is 0 Å². The summed E-state index contributed by atoms with van der Waals surface area (Å²) in [7, 11) is 0. The first kappa shape index (κ1) is 14.7. The lowest BCUT2D eigenvalue weighted by atomic mass is 10.1. The first-order valence-corrected chi connectivity index (χ1v) is 6.99. The number of benzene rings is 2. The van der Waals surface area contributed by atoms with Crippen LogP contribution in [-0.4, -0.2) is 18.0 Å². The lowest BCUT2D eigenvalue weighted by Crippen LogP contribution is -2.26. The van der Waals surface area contributed by atoms with Crippen molar-refractivity contribution in [3.05, 3.63) is 71.5 Å². The fourth-order valence-electron chi connectivity index (χ4n) is 2.24. The third-order valence-electron chi connectivity index (χ3n) is 3.28. The van der Waals surface area contributed by atoms with Crippen molar-refractivity contribution >= 4 is 0 Å². The highest BCUT2D eigenvalue weighted by Crippen LogP contribution is 2.13. The fraction of sp³-hybridized carbons (Fsp3) is 0.294. The highest BCUT2D eigenvalue weighted by Gasteiger charge is 2.09. The molecule has 0 radical (unpaired) electrons. The third-order valence-corrected chi connectivity index (χ3v) is 3.28. The zero-order valence-electron chi connectivity index (χ0n) is 11.6. The molecule has 20 heavy (non-hydrogen) atoms. The van der Waals surface area contributed by atoms with Crippen LogP contribution in [0.15, 0.2) is 54.6 Å². The van der Waals surface area contributed by atoms with Crippen LogP contribution in [0, 0.1) is 5.82 Å². The number of halogens is 1. The van der Waals surface area contributed by atoms with Crippen molar-refractivity contribution in [1.82, 2.24) is 4.90 Å². The Bertz CT molecular complexity index is 513. The van der Waals surface area contributed by atoms with Crippen molar-refractivity contribution in [2.75, 3.05) is 13.1 Å². The predicted octanol–water partition coefficient (Wildman–Crippen LogP) is 3.18. The normalized spacial score (nSPS) is 10.9. The van der Waals surface area contributed by atoms with Gasteiger partial charge in [0.1, 0.15) is 5.82 Å². The maximum atomic E-state index is 13.8. The molecular formula is C17H21FN2. The van der Waals surface area contributed by atoms with Crippen LogP contribution in [0.1, 0.15) is 17.5 Å². The third kappa shape index (κ3) is 4.44. The van der Waals surface area contributed by atoms with Gasteiger partial charge in [-0.15, -0.1) is 0 Å². The Labute approximate surface area is 120 Å². The molecular weight excluding hydrogens is 251 g/mol.